The number of halogens is 4. The molecule has 194 valence electrons. The van der Waals surface area contributed by atoms with Crippen LogP contribution in [0.25, 0.3) is 0 Å². The Bertz CT molecular complexity index is 1230. The Morgan fingerprint density at radius 2 is 1.54 bits per heavy atom. The second kappa shape index (κ2) is 13.0. The first-order valence-electron chi connectivity index (χ1n) is 12.3. The summed E-state index contributed by atoms with van der Waals surface area (Å²) in [4.78, 5) is 29.3. The average molecular weight is 578 g/mol. The maximum Gasteiger partial charge on any atom is 0.243 e. The smallest absolute Gasteiger partial charge is 0.243 e. The number of amides is 2. The van der Waals surface area contributed by atoms with Gasteiger partial charge in [-0.3, -0.25) is 9.59 Å². The van der Waals surface area contributed by atoms with E-state index in [1.807, 2.05) is 30.3 Å². The number of carbonyl (C=O) groups excluding carboxylic acids is 2. The fourth-order valence-corrected chi connectivity index (χ4v) is 5.70. The first-order chi connectivity index (χ1) is 17.8. The average Bonchev–Trinajstić information content (AvgIpc) is 3.38. The Labute approximate surface area is 237 Å². The number of hydrogen-bond donors (Lipinski definition) is 1. The van der Waals surface area contributed by atoms with Crippen molar-refractivity contribution in [1.29, 1.82) is 0 Å². The molecular weight excluding hydrogens is 550 g/mol. The third-order valence-corrected chi connectivity index (χ3v) is 8.01. The van der Waals surface area contributed by atoms with Crippen LogP contribution < -0.4 is 5.32 Å². The third kappa shape index (κ3) is 7.42. The van der Waals surface area contributed by atoms with Crippen LogP contribution in [0.3, 0.4) is 0 Å². The normalized spacial score (nSPS) is 14.4. The van der Waals surface area contributed by atoms with Crippen molar-refractivity contribution in [3.63, 3.8) is 0 Å². The van der Waals surface area contributed by atoms with Crippen LogP contribution in [0, 0.1) is 0 Å². The highest BCUT2D eigenvalue weighted by atomic mass is 35.5. The summed E-state index contributed by atoms with van der Waals surface area (Å²) >= 11 is 25.5. The van der Waals surface area contributed by atoms with Gasteiger partial charge < -0.3 is 10.2 Å². The summed E-state index contributed by atoms with van der Waals surface area (Å²) in [7, 11) is 0. The van der Waals surface area contributed by atoms with Crippen molar-refractivity contribution in [2.45, 2.75) is 57.2 Å². The molecule has 0 saturated heterocycles. The van der Waals surface area contributed by atoms with Crippen LogP contribution in [-0.2, 0) is 29.0 Å². The number of benzene rings is 3. The Kier molecular flexibility index (Phi) is 9.77. The Morgan fingerprint density at radius 3 is 2.19 bits per heavy atom. The van der Waals surface area contributed by atoms with Gasteiger partial charge in [0.05, 0.1) is 6.42 Å². The molecule has 1 aliphatic carbocycles. The molecule has 0 heterocycles. The van der Waals surface area contributed by atoms with Gasteiger partial charge in [0.1, 0.15) is 6.04 Å². The summed E-state index contributed by atoms with van der Waals surface area (Å²) in [5.41, 5.74) is 2.16. The zero-order valence-electron chi connectivity index (χ0n) is 20.2. The predicted octanol–water partition coefficient (Wildman–Crippen LogP) is 7.54. The van der Waals surface area contributed by atoms with Crippen LogP contribution in [0.1, 0.15) is 42.4 Å². The molecule has 1 aliphatic rings. The van der Waals surface area contributed by atoms with Crippen LogP contribution in [0.15, 0.2) is 66.7 Å². The van der Waals surface area contributed by atoms with Gasteiger partial charge in [0.15, 0.2) is 0 Å². The number of nitrogens with zero attached hydrogens (tertiary/aromatic N) is 1. The fraction of sp³-hybridized carbons (Fsp3) is 0.310. The van der Waals surface area contributed by atoms with Crippen LogP contribution in [0.5, 0.6) is 0 Å². The van der Waals surface area contributed by atoms with Gasteiger partial charge >= 0.3 is 0 Å². The summed E-state index contributed by atoms with van der Waals surface area (Å²) in [6.45, 7) is 0.0815. The van der Waals surface area contributed by atoms with Gasteiger partial charge in [-0.05, 0) is 48.2 Å². The lowest BCUT2D eigenvalue weighted by Crippen LogP contribution is -2.52. The van der Waals surface area contributed by atoms with E-state index < -0.39 is 6.04 Å². The first kappa shape index (κ1) is 27.8. The van der Waals surface area contributed by atoms with Crippen LogP contribution in [0.4, 0.5) is 0 Å². The van der Waals surface area contributed by atoms with E-state index in [-0.39, 0.29) is 30.8 Å². The molecule has 2 amide bonds. The zero-order chi connectivity index (χ0) is 26.4. The topological polar surface area (TPSA) is 49.4 Å². The second-order valence-electron chi connectivity index (χ2n) is 9.33. The molecule has 1 unspecified atom stereocenters. The molecule has 0 spiro atoms. The van der Waals surface area contributed by atoms with Crippen LogP contribution in [-0.4, -0.2) is 28.8 Å². The van der Waals surface area contributed by atoms with Gasteiger partial charge in [0.2, 0.25) is 11.8 Å². The number of hydrogen-bond acceptors (Lipinski definition) is 2. The van der Waals surface area contributed by atoms with Gasteiger partial charge in [-0.15, -0.1) is 0 Å². The Balaban J connectivity index is 1.71. The van der Waals surface area contributed by atoms with Crippen molar-refractivity contribution in [3.05, 3.63) is 104 Å². The van der Waals surface area contributed by atoms with E-state index in [2.05, 4.69) is 5.32 Å². The van der Waals surface area contributed by atoms with Crippen molar-refractivity contribution in [1.82, 2.24) is 10.2 Å². The number of nitrogens with one attached hydrogen (secondary N) is 1. The lowest BCUT2D eigenvalue weighted by Gasteiger charge is -2.33. The van der Waals surface area contributed by atoms with E-state index >= 15 is 0 Å². The van der Waals surface area contributed by atoms with E-state index in [0.29, 0.717) is 37.6 Å². The lowest BCUT2D eigenvalue weighted by molar-refractivity contribution is -0.141. The second-order valence-corrected chi connectivity index (χ2v) is 11.0. The summed E-state index contributed by atoms with van der Waals surface area (Å²) in [5.74, 6) is -0.447. The molecule has 3 aromatic rings. The largest absolute Gasteiger partial charge is 0.352 e. The van der Waals surface area contributed by atoms with Gasteiger partial charge in [-0.1, -0.05) is 102 Å². The Morgan fingerprint density at radius 1 is 0.865 bits per heavy atom. The minimum atomic E-state index is -0.770. The molecule has 1 atom stereocenters. The molecular formula is C29H28Cl4N2O2. The van der Waals surface area contributed by atoms with E-state index in [1.165, 1.54) is 0 Å². The maximum absolute atomic E-state index is 13.9. The van der Waals surface area contributed by atoms with Crippen molar-refractivity contribution in [3.8, 4) is 0 Å². The van der Waals surface area contributed by atoms with E-state index in [0.717, 1.165) is 31.2 Å². The molecule has 4 nitrogen and oxygen atoms in total. The minimum absolute atomic E-state index is 0.0000716. The summed E-state index contributed by atoms with van der Waals surface area (Å²) in [6.07, 6.45) is 4.40. The van der Waals surface area contributed by atoms with Crippen molar-refractivity contribution >= 4 is 58.2 Å². The van der Waals surface area contributed by atoms with Crippen molar-refractivity contribution < 1.29 is 9.59 Å². The van der Waals surface area contributed by atoms with E-state index in [4.69, 9.17) is 46.4 Å². The monoisotopic (exact) mass is 576 g/mol. The quantitative estimate of drug-likeness (QED) is 0.285. The van der Waals surface area contributed by atoms with E-state index in [9.17, 15) is 9.59 Å². The summed E-state index contributed by atoms with van der Waals surface area (Å²) in [5, 5.41) is 4.94. The SMILES string of the molecule is O=C(NC1CCCC1)C(Cc1ccccc1)N(Cc1c(Cl)cccc1Cl)C(=O)Cc1ccc(Cl)cc1Cl. The molecule has 1 N–H and O–H groups in total. The molecule has 0 radical (unpaired) electrons. The summed E-state index contributed by atoms with van der Waals surface area (Å²) < 4.78 is 0. The highest BCUT2D eigenvalue weighted by Crippen LogP contribution is 2.29. The number of rotatable bonds is 9. The molecule has 0 aliphatic heterocycles. The van der Waals surface area contributed by atoms with Crippen LogP contribution >= 0.6 is 46.4 Å². The molecule has 3 aromatic carbocycles. The van der Waals surface area contributed by atoms with Crippen LogP contribution in [0.2, 0.25) is 20.1 Å². The highest BCUT2D eigenvalue weighted by Gasteiger charge is 2.33. The van der Waals surface area contributed by atoms with Crippen molar-refractivity contribution in [2.75, 3.05) is 0 Å². The summed E-state index contributed by atoms with van der Waals surface area (Å²) in [6, 6.07) is 19.3. The molecule has 0 aromatic heterocycles. The molecule has 0 bridgehead atoms. The number of carbonyl (C=O) groups is 2. The minimum Gasteiger partial charge on any atom is -0.352 e. The fourth-order valence-electron chi connectivity index (χ4n) is 4.70. The standard InChI is InChI=1S/C29H28Cl4N2O2/c30-21-14-13-20(26(33)17-21)16-28(36)35(18-23-24(31)11-6-12-25(23)32)27(15-19-7-2-1-3-8-19)29(37)34-22-9-4-5-10-22/h1-3,6-8,11-14,17,22,27H,4-5,9-10,15-16,18H2,(H,34,37). The van der Waals surface area contributed by atoms with E-state index in [1.54, 1.807) is 41.3 Å². The lowest BCUT2D eigenvalue weighted by atomic mass is 10.0. The molecule has 4 rings (SSSR count). The third-order valence-electron chi connectivity index (χ3n) is 6.72. The van der Waals surface area contributed by atoms with Gasteiger partial charge in [0.25, 0.3) is 0 Å². The van der Waals surface area contributed by atoms with Gasteiger partial charge in [-0.25, -0.2) is 0 Å². The zero-order valence-corrected chi connectivity index (χ0v) is 23.3. The molecule has 1 saturated carbocycles. The van der Waals surface area contributed by atoms with Gasteiger partial charge in [-0.2, -0.15) is 0 Å². The van der Waals surface area contributed by atoms with Gasteiger partial charge in [0, 0.05) is 44.7 Å². The molecule has 1 fully saturated rings. The molecule has 8 heteroatoms. The first-order valence-corrected chi connectivity index (χ1v) is 13.8. The van der Waals surface area contributed by atoms with Crippen molar-refractivity contribution in [2.24, 2.45) is 0 Å². The molecule has 37 heavy (non-hydrogen) atoms. The maximum atomic E-state index is 13.9. The highest BCUT2D eigenvalue weighted by molar-refractivity contribution is 6.36. The predicted molar refractivity (Wildman–Crippen MR) is 152 cm³/mol. The Hall–Kier alpha value is -2.24.